The number of carboxylic acid groups (broad SMARTS) is 1. The lowest BCUT2D eigenvalue weighted by molar-refractivity contribution is -0.135. The summed E-state index contributed by atoms with van der Waals surface area (Å²) in [6.45, 7) is 4.15. The fourth-order valence-corrected chi connectivity index (χ4v) is 3.16. The Morgan fingerprint density at radius 1 is 1.23 bits per heavy atom. The van der Waals surface area contributed by atoms with E-state index in [1.54, 1.807) is 0 Å². The summed E-state index contributed by atoms with van der Waals surface area (Å²) in [5.41, 5.74) is 5.03. The van der Waals surface area contributed by atoms with Crippen molar-refractivity contribution >= 4 is 17.4 Å². The van der Waals surface area contributed by atoms with E-state index in [-0.39, 0.29) is 12.0 Å². The number of aliphatic carboxylic acids is 1. The number of carbonyl (C=O) groups is 1. The molecule has 2 N–H and O–H groups in total. The number of aliphatic imine (C=N–C) groups is 1. The number of nitrogens with one attached hydrogen (secondary N) is 1. The second-order valence-electron chi connectivity index (χ2n) is 7.30. The lowest BCUT2D eigenvalue weighted by Gasteiger charge is -2.31. The molecule has 3 rings (SSSR count). The zero-order valence-corrected chi connectivity index (χ0v) is 15.0. The van der Waals surface area contributed by atoms with Gasteiger partial charge in [0, 0.05) is 22.7 Å². The molecular weight excluding hydrogens is 324 g/mol. The van der Waals surface area contributed by atoms with Crippen LogP contribution in [0.4, 0.5) is 5.69 Å². The molecule has 0 atom stereocenters. The van der Waals surface area contributed by atoms with E-state index in [1.807, 2.05) is 36.4 Å². The Hall–Kier alpha value is -3.06. The molecule has 4 nitrogen and oxygen atoms in total. The summed E-state index contributed by atoms with van der Waals surface area (Å²) in [5.74, 6) is -0.908. The predicted octanol–water partition coefficient (Wildman–Crippen LogP) is 4.60. The zero-order chi connectivity index (χ0) is 18.6. The van der Waals surface area contributed by atoms with Crippen LogP contribution >= 0.6 is 0 Å². The van der Waals surface area contributed by atoms with Gasteiger partial charge in [0.25, 0.3) is 0 Å². The van der Waals surface area contributed by atoms with Crippen LogP contribution in [-0.2, 0) is 4.79 Å². The standard InChI is InChI=1S/C22H22N2O2/c1-22(2)13-19(23-15-21(25)26)12-20(14-22)24-18-10-8-17(9-11-18)16-6-4-3-5-7-16/h3-4,6,8-12,24H,13-15H2,1-2H3,(H,25,26). The van der Waals surface area contributed by atoms with Gasteiger partial charge in [0.1, 0.15) is 6.54 Å². The van der Waals surface area contributed by atoms with Gasteiger partial charge in [-0.25, -0.2) is 0 Å². The van der Waals surface area contributed by atoms with Gasteiger partial charge in [-0.05, 0) is 54.2 Å². The van der Waals surface area contributed by atoms with Crippen molar-refractivity contribution in [1.29, 1.82) is 0 Å². The quantitative estimate of drug-likeness (QED) is 0.832. The summed E-state index contributed by atoms with van der Waals surface area (Å²) in [4.78, 5) is 15.0. The van der Waals surface area contributed by atoms with Crippen LogP contribution in [0.5, 0.6) is 0 Å². The van der Waals surface area contributed by atoms with Crippen molar-refractivity contribution in [3.05, 3.63) is 66.4 Å². The fraction of sp³-hybridized carbons (Fsp3) is 0.273. The van der Waals surface area contributed by atoms with E-state index in [0.29, 0.717) is 0 Å². The van der Waals surface area contributed by atoms with Crippen molar-refractivity contribution in [1.82, 2.24) is 0 Å². The van der Waals surface area contributed by atoms with Gasteiger partial charge in [-0.2, -0.15) is 0 Å². The molecule has 0 heterocycles. The second kappa shape index (κ2) is 7.45. The molecule has 0 saturated carbocycles. The highest BCUT2D eigenvalue weighted by atomic mass is 16.4. The van der Waals surface area contributed by atoms with Crippen LogP contribution in [0.15, 0.2) is 59.2 Å². The van der Waals surface area contributed by atoms with Crippen LogP contribution in [0, 0.1) is 17.5 Å². The molecule has 132 valence electrons. The smallest absolute Gasteiger partial charge is 0.325 e. The lowest BCUT2D eigenvalue weighted by Crippen LogP contribution is -2.25. The van der Waals surface area contributed by atoms with Gasteiger partial charge in [0.2, 0.25) is 0 Å². The Balaban J connectivity index is 1.76. The summed E-state index contributed by atoms with van der Waals surface area (Å²) in [5, 5.41) is 12.3. The van der Waals surface area contributed by atoms with Crippen molar-refractivity contribution in [2.75, 3.05) is 11.9 Å². The zero-order valence-electron chi connectivity index (χ0n) is 15.0. The summed E-state index contributed by atoms with van der Waals surface area (Å²) in [7, 11) is 0. The highest BCUT2D eigenvalue weighted by molar-refractivity contribution is 5.98. The van der Waals surface area contributed by atoms with Gasteiger partial charge >= 0.3 is 5.97 Å². The minimum Gasteiger partial charge on any atom is -0.480 e. The Kier molecular flexibility index (Phi) is 5.09. The first-order chi connectivity index (χ1) is 12.4. The van der Waals surface area contributed by atoms with E-state index in [4.69, 9.17) is 5.11 Å². The maximum atomic E-state index is 10.8. The molecule has 2 aromatic carbocycles. The maximum absolute atomic E-state index is 10.8. The molecule has 0 bridgehead atoms. The highest BCUT2D eigenvalue weighted by Gasteiger charge is 2.26. The number of rotatable bonds is 5. The fourth-order valence-electron chi connectivity index (χ4n) is 3.16. The van der Waals surface area contributed by atoms with Crippen LogP contribution in [-0.4, -0.2) is 23.3 Å². The maximum Gasteiger partial charge on any atom is 0.325 e. The molecule has 0 spiro atoms. The average Bonchev–Trinajstić information content (AvgIpc) is 2.60. The van der Waals surface area contributed by atoms with Gasteiger partial charge < -0.3 is 10.4 Å². The number of allylic oxidation sites excluding steroid dienone is 2. The summed E-state index contributed by atoms with van der Waals surface area (Å²) >= 11 is 0. The number of carboxylic acids is 1. The molecule has 0 unspecified atom stereocenters. The van der Waals surface area contributed by atoms with Crippen LogP contribution in [0.3, 0.4) is 0 Å². The number of anilines is 1. The molecule has 0 aliphatic heterocycles. The van der Waals surface area contributed by atoms with E-state index in [1.165, 1.54) is 0 Å². The third kappa shape index (κ3) is 4.73. The Morgan fingerprint density at radius 3 is 2.65 bits per heavy atom. The van der Waals surface area contributed by atoms with Crippen molar-refractivity contribution < 1.29 is 9.90 Å². The minimum absolute atomic E-state index is 0.0448. The van der Waals surface area contributed by atoms with Crippen LogP contribution in [0.2, 0.25) is 0 Å². The number of hydrogen-bond acceptors (Lipinski definition) is 3. The van der Waals surface area contributed by atoms with Gasteiger partial charge in [-0.1, -0.05) is 44.2 Å². The predicted molar refractivity (Wildman–Crippen MR) is 104 cm³/mol. The molecule has 0 radical (unpaired) electrons. The Bertz CT molecular complexity index is 834. The molecule has 1 aliphatic carbocycles. The van der Waals surface area contributed by atoms with E-state index in [2.05, 4.69) is 48.4 Å². The summed E-state index contributed by atoms with van der Waals surface area (Å²) in [6, 6.07) is 20.0. The van der Waals surface area contributed by atoms with Gasteiger partial charge in [0.15, 0.2) is 0 Å². The van der Waals surface area contributed by atoms with E-state index in [9.17, 15) is 4.79 Å². The average molecular weight is 346 g/mol. The monoisotopic (exact) mass is 346 g/mol. The summed E-state index contributed by atoms with van der Waals surface area (Å²) < 4.78 is 0. The Morgan fingerprint density at radius 2 is 2.00 bits per heavy atom. The highest BCUT2D eigenvalue weighted by Crippen LogP contribution is 2.34. The van der Waals surface area contributed by atoms with E-state index < -0.39 is 5.97 Å². The Labute approximate surface area is 154 Å². The molecule has 26 heavy (non-hydrogen) atoms. The van der Waals surface area contributed by atoms with Crippen molar-refractivity contribution in [3.63, 3.8) is 0 Å². The van der Waals surface area contributed by atoms with Crippen LogP contribution in [0.1, 0.15) is 26.7 Å². The van der Waals surface area contributed by atoms with Crippen molar-refractivity contribution in [2.24, 2.45) is 10.4 Å². The van der Waals surface area contributed by atoms with Crippen molar-refractivity contribution in [2.45, 2.75) is 26.7 Å². The van der Waals surface area contributed by atoms with E-state index in [0.717, 1.165) is 41.1 Å². The molecule has 2 aromatic rings. The number of benzene rings is 1. The number of nitrogens with zero attached hydrogens (tertiary/aromatic N) is 1. The van der Waals surface area contributed by atoms with Gasteiger partial charge in [0.05, 0.1) is 0 Å². The van der Waals surface area contributed by atoms with Crippen LogP contribution in [0.25, 0.3) is 11.1 Å². The molecule has 0 aromatic heterocycles. The topological polar surface area (TPSA) is 61.7 Å². The third-order valence-electron chi connectivity index (χ3n) is 4.24. The normalized spacial score (nSPS) is 17.3. The molecule has 1 aliphatic rings. The SMILES string of the molecule is CC1(C)CC(Nc2ccc(-c3c#cccc3)cc2)=CC(=NCC(=O)O)C1. The molecule has 4 heteroatoms. The molecule has 0 saturated heterocycles. The lowest BCUT2D eigenvalue weighted by atomic mass is 9.78. The van der Waals surface area contributed by atoms with Crippen molar-refractivity contribution in [3.8, 4) is 11.1 Å². The third-order valence-corrected chi connectivity index (χ3v) is 4.24. The first kappa shape index (κ1) is 17.8. The van der Waals surface area contributed by atoms with Crippen LogP contribution < -0.4 is 5.32 Å². The molecular formula is C22H22N2O2. The second-order valence-corrected chi connectivity index (χ2v) is 7.30. The first-order valence-electron chi connectivity index (χ1n) is 8.63. The largest absolute Gasteiger partial charge is 0.480 e. The van der Waals surface area contributed by atoms with Gasteiger partial charge in [-0.3, -0.25) is 9.79 Å². The molecule has 0 fully saturated rings. The van der Waals surface area contributed by atoms with Gasteiger partial charge in [-0.15, -0.1) is 0 Å². The number of hydrogen-bond donors (Lipinski definition) is 2. The minimum atomic E-state index is -0.908. The van der Waals surface area contributed by atoms with E-state index >= 15 is 0 Å². The first-order valence-corrected chi connectivity index (χ1v) is 8.63. The molecule has 0 amide bonds. The summed E-state index contributed by atoms with van der Waals surface area (Å²) in [6.07, 6.45) is 3.65.